The summed E-state index contributed by atoms with van der Waals surface area (Å²) in [6, 6.07) is 8.32. The van der Waals surface area contributed by atoms with Crippen molar-refractivity contribution in [2.45, 2.75) is 36.8 Å². The maximum absolute atomic E-state index is 12.8. The molecule has 2 aromatic rings. The van der Waals surface area contributed by atoms with Crippen LogP contribution >= 0.6 is 23.1 Å². The normalized spacial score (nSPS) is 16.8. The summed E-state index contributed by atoms with van der Waals surface area (Å²) in [5.41, 5.74) is 3.99. The molecule has 0 saturated carbocycles. The fraction of sp³-hybridized carbons (Fsp3) is 0.368. The van der Waals surface area contributed by atoms with Crippen LogP contribution in [-0.4, -0.2) is 24.6 Å². The van der Waals surface area contributed by atoms with Crippen LogP contribution in [0.2, 0.25) is 0 Å². The molecule has 0 spiro atoms. The maximum Gasteiger partial charge on any atom is 0.348 e. The van der Waals surface area contributed by atoms with Gasteiger partial charge in [0.25, 0.3) is 0 Å². The topological polar surface area (TPSA) is 43.4 Å². The number of hydrogen-bond acceptors (Lipinski definition) is 5. The van der Waals surface area contributed by atoms with Gasteiger partial charge in [-0.05, 0) is 43.6 Å². The molecular weight excluding hydrogens is 340 g/mol. The van der Waals surface area contributed by atoms with Crippen molar-refractivity contribution in [2.75, 3.05) is 12.9 Å². The lowest BCUT2D eigenvalue weighted by Gasteiger charge is -2.23. The molecule has 24 heavy (non-hydrogen) atoms. The van der Waals surface area contributed by atoms with Gasteiger partial charge in [-0.2, -0.15) is 0 Å². The molecule has 1 atom stereocenters. The summed E-state index contributed by atoms with van der Waals surface area (Å²) < 4.78 is 6.13. The van der Waals surface area contributed by atoms with Gasteiger partial charge in [0.2, 0.25) is 0 Å². The Labute approximate surface area is 150 Å². The van der Waals surface area contributed by atoms with Gasteiger partial charge in [-0.1, -0.05) is 29.8 Å². The molecule has 0 fully saturated rings. The largest absolute Gasteiger partial charge is 0.462 e. The Bertz CT molecular complexity index is 775. The molecule has 1 heterocycles. The number of benzene rings is 1. The minimum absolute atomic E-state index is 0.128. The van der Waals surface area contributed by atoms with Crippen LogP contribution in [-0.2, 0) is 11.2 Å². The average molecular weight is 361 g/mol. The van der Waals surface area contributed by atoms with E-state index >= 15 is 0 Å². The summed E-state index contributed by atoms with van der Waals surface area (Å²) in [5.74, 6) is -0.0440. The predicted molar refractivity (Wildman–Crippen MR) is 98.6 cm³/mol. The Morgan fingerprint density at radius 2 is 2.00 bits per heavy atom. The zero-order chi connectivity index (χ0) is 17.3. The summed E-state index contributed by atoms with van der Waals surface area (Å²) in [5, 5.41) is 0. The van der Waals surface area contributed by atoms with Crippen molar-refractivity contribution in [1.82, 2.24) is 0 Å². The summed E-state index contributed by atoms with van der Waals surface area (Å²) in [6.45, 7) is 4.19. The Kier molecular flexibility index (Phi) is 5.11. The average Bonchev–Trinajstić information content (AvgIpc) is 2.95. The van der Waals surface area contributed by atoms with Crippen LogP contribution in [0.1, 0.15) is 56.0 Å². The second-order valence-electron chi connectivity index (χ2n) is 5.94. The molecule has 5 heteroatoms. The van der Waals surface area contributed by atoms with Crippen molar-refractivity contribution in [3.63, 3.8) is 0 Å². The van der Waals surface area contributed by atoms with Gasteiger partial charge in [0.15, 0.2) is 5.78 Å². The highest BCUT2D eigenvalue weighted by Gasteiger charge is 2.34. The minimum atomic E-state index is -0.309. The molecule has 126 valence electrons. The number of fused-ring (bicyclic) bond motifs is 1. The van der Waals surface area contributed by atoms with E-state index in [9.17, 15) is 9.59 Å². The molecule has 0 amide bonds. The van der Waals surface area contributed by atoms with Gasteiger partial charge >= 0.3 is 5.97 Å². The van der Waals surface area contributed by atoms with Crippen LogP contribution in [0.5, 0.6) is 0 Å². The van der Waals surface area contributed by atoms with Crippen LogP contribution in [0.4, 0.5) is 0 Å². The van der Waals surface area contributed by atoms with Gasteiger partial charge in [-0.15, -0.1) is 23.1 Å². The highest BCUT2D eigenvalue weighted by atomic mass is 32.2. The first-order chi connectivity index (χ1) is 11.5. The van der Waals surface area contributed by atoms with Crippen molar-refractivity contribution in [1.29, 1.82) is 0 Å². The van der Waals surface area contributed by atoms with Crippen molar-refractivity contribution < 1.29 is 14.3 Å². The van der Waals surface area contributed by atoms with Crippen LogP contribution in [0.3, 0.4) is 0 Å². The fourth-order valence-electron chi connectivity index (χ4n) is 3.14. The number of ether oxygens (including phenoxy) is 1. The Balaban J connectivity index is 2.01. The number of aryl methyl sites for hydroxylation is 1. The second-order valence-corrected chi connectivity index (χ2v) is 8.03. The quantitative estimate of drug-likeness (QED) is 0.576. The van der Waals surface area contributed by atoms with Gasteiger partial charge in [0, 0.05) is 12.0 Å². The summed E-state index contributed by atoms with van der Waals surface area (Å²) in [7, 11) is 0. The Morgan fingerprint density at radius 3 is 2.62 bits per heavy atom. The zero-order valence-corrected chi connectivity index (χ0v) is 15.7. The van der Waals surface area contributed by atoms with E-state index in [-0.39, 0.29) is 17.7 Å². The van der Waals surface area contributed by atoms with E-state index in [1.165, 1.54) is 28.7 Å². The lowest BCUT2D eigenvalue weighted by atomic mass is 9.80. The molecular formula is C19H20O3S2. The second kappa shape index (κ2) is 7.11. The van der Waals surface area contributed by atoms with Crippen LogP contribution in [0.25, 0.3) is 0 Å². The molecule has 1 aliphatic rings. The van der Waals surface area contributed by atoms with E-state index < -0.39 is 0 Å². The molecule has 1 aromatic carbocycles. The highest BCUT2D eigenvalue weighted by molar-refractivity contribution is 8.00. The summed E-state index contributed by atoms with van der Waals surface area (Å²) >= 11 is 2.93. The highest BCUT2D eigenvalue weighted by Crippen LogP contribution is 2.43. The SMILES string of the molecule is CCOC(=O)c1sc(SC)c2c1C[C@@H](c1ccc(C)cc1)CC2=O. The van der Waals surface area contributed by atoms with Crippen molar-refractivity contribution >= 4 is 34.9 Å². The lowest BCUT2D eigenvalue weighted by molar-refractivity contribution is 0.0531. The molecule has 3 nitrogen and oxygen atoms in total. The van der Waals surface area contributed by atoms with Gasteiger partial charge in [-0.3, -0.25) is 4.79 Å². The van der Waals surface area contributed by atoms with Crippen molar-refractivity contribution in [2.24, 2.45) is 0 Å². The number of carbonyl (C=O) groups is 2. The third-order valence-electron chi connectivity index (χ3n) is 4.33. The number of thiophene rings is 1. The third kappa shape index (κ3) is 3.15. The maximum atomic E-state index is 12.8. The lowest BCUT2D eigenvalue weighted by Crippen LogP contribution is -2.20. The van der Waals surface area contributed by atoms with E-state index in [1.807, 2.05) is 6.26 Å². The van der Waals surface area contributed by atoms with Crippen LogP contribution in [0.15, 0.2) is 28.5 Å². The van der Waals surface area contributed by atoms with Gasteiger partial charge in [0.05, 0.1) is 10.8 Å². The molecule has 1 aliphatic carbocycles. The molecule has 1 aromatic heterocycles. The van der Waals surface area contributed by atoms with E-state index in [0.29, 0.717) is 17.9 Å². The number of carbonyl (C=O) groups excluding carboxylic acids is 2. The van der Waals surface area contributed by atoms with E-state index in [1.54, 1.807) is 6.92 Å². The molecule has 0 aliphatic heterocycles. The number of rotatable bonds is 4. The van der Waals surface area contributed by atoms with E-state index in [2.05, 4.69) is 31.2 Å². The number of esters is 1. The van der Waals surface area contributed by atoms with Crippen LogP contribution < -0.4 is 0 Å². The van der Waals surface area contributed by atoms with Crippen molar-refractivity contribution in [3.8, 4) is 0 Å². The van der Waals surface area contributed by atoms with E-state index in [4.69, 9.17) is 4.74 Å². The minimum Gasteiger partial charge on any atom is -0.462 e. The van der Waals surface area contributed by atoms with Gasteiger partial charge in [-0.25, -0.2) is 4.79 Å². The molecule has 0 radical (unpaired) electrons. The standard InChI is InChI=1S/C19H20O3S2/c1-4-22-18(21)17-14-9-13(12-7-5-11(2)6-8-12)10-15(20)16(14)19(23-3)24-17/h5-8,13H,4,9-10H2,1-3H3/t13-/m1/s1. The van der Waals surface area contributed by atoms with Gasteiger partial charge in [0.1, 0.15) is 4.88 Å². The first-order valence-electron chi connectivity index (χ1n) is 8.01. The smallest absolute Gasteiger partial charge is 0.348 e. The fourth-order valence-corrected chi connectivity index (χ4v) is 5.14. The van der Waals surface area contributed by atoms with Crippen molar-refractivity contribution in [3.05, 3.63) is 51.4 Å². The number of ketones is 1. The molecule has 3 rings (SSSR count). The molecule has 0 saturated heterocycles. The number of Topliss-reactive ketones (excluding diaryl/α,β-unsaturated/α-hetero) is 1. The monoisotopic (exact) mass is 360 g/mol. The van der Waals surface area contributed by atoms with Gasteiger partial charge < -0.3 is 4.74 Å². The molecule has 0 N–H and O–H groups in total. The number of thioether (sulfide) groups is 1. The van der Waals surface area contributed by atoms with E-state index in [0.717, 1.165) is 27.3 Å². The Hall–Kier alpha value is -1.59. The molecule has 0 unspecified atom stereocenters. The summed E-state index contributed by atoms with van der Waals surface area (Å²) in [6.07, 6.45) is 3.17. The summed E-state index contributed by atoms with van der Waals surface area (Å²) in [4.78, 5) is 25.7. The number of hydrogen-bond donors (Lipinski definition) is 0. The first-order valence-corrected chi connectivity index (χ1v) is 10.1. The zero-order valence-electron chi connectivity index (χ0n) is 14.0. The Morgan fingerprint density at radius 1 is 1.29 bits per heavy atom. The first kappa shape index (κ1) is 17.2. The predicted octanol–water partition coefficient (Wildman–Crippen LogP) is 4.87. The third-order valence-corrected chi connectivity index (χ3v) is 6.66. The molecule has 0 bridgehead atoms. The van der Waals surface area contributed by atoms with Crippen LogP contribution in [0, 0.1) is 6.92 Å².